The van der Waals surface area contributed by atoms with Gasteiger partial charge < -0.3 is 31.8 Å². The number of hydrogen-bond acceptors (Lipinski definition) is 6. The molecule has 1 aromatic rings. The molecule has 2 unspecified atom stereocenters. The van der Waals surface area contributed by atoms with E-state index in [1.54, 1.807) is 0 Å². The number of aromatic nitrogens is 2. The highest BCUT2D eigenvalue weighted by Gasteiger charge is 2.17. The van der Waals surface area contributed by atoms with Crippen LogP contribution in [0.5, 0.6) is 0 Å². The first-order valence-electron chi connectivity index (χ1n) is 7.09. The van der Waals surface area contributed by atoms with Gasteiger partial charge in [-0.25, -0.2) is 4.98 Å². The molecule has 24 heavy (non-hydrogen) atoms. The molecular formula is C13H20N6O5. The second-order valence-corrected chi connectivity index (χ2v) is 5.01. The Morgan fingerprint density at radius 3 is 2.50 bits per heavy atom. The van der Waals surface area contributed by atoms with Gasteiger partial charge in [0.1, 0.15) is 6.04 Å². The van der Waals surface area contributed by atoms with E-state index < -0.39 is 42.3 Å². The number of aromatic amines is 1. The van der Waals surface area contributed by atoms with E-state index in [0.29, 0.717) is 5.69 Å². The molecule has 7 N–H and O–H groups in total. The molecule has 1 heterocycles. The highest BCUT2D eigenvalue weighted by molar-refractivity contribution is 5.90. The molecule has 2 atom stereocenters. The Kier molecular flexibility index (Phi) is 7.36. The predicted octanol–water partition coefficient (Wildman–Crippen LogP) is -2.90. The van der Waals surface area contributed by atoms with Crippen LogP contribution in [0.1, 0.15) is 12.6 Å². The van der Waals surface area contributed by atoms with Gasteiger partial charge in [0.25, 0.3) is 0 Å². The summed E-state index contributed by atoms with van der Waals surface area (Å²) in [4.78, 5) is 51.8. The normalized spacial score (nSPS) is 12.8. The smallest absolute Gasteiger partial charge is 0.325 e. The van der Waals surface area contributed by atoms with Crippen LogP contribution in [0.25, 0.3) is 0 Å². The molecule has 1 rings (SSSR count). The Labute approximate surface area is 137 Å². The number of carboxylic acids is 1. The van der Waals surface area contributed by atoms with E-state index in [-0.39, 0.29) is 13.0 Å². The SMILES string of the molecule is CC(NC(=O)CNC(=O)CNC(=O)C(N)Cc1cnc[nH]1)C(=O)O. The first kappa shape index (κ1) is 19.1. The summed E-state index contributed by atoms with van der Waals surface area (Å²) in [5.74, 6) is -2.97. The van der Waals surface area contributed by atoms with Crippen molar-refractivity contribution < 1.29 is 24.3 Å². The highest BCUT2D eigenvalue weighted by atomic mass is 16.4. The van der Waals surface area contributed by atoms with Crippen molar-refractivity contribution >= 4 is 23.7 Å². The van der Waals surface area contributed by atoms with Gasteiger partial charge >= 0.3 is 5.97 Å². The highest BCUT2D eigenvalue weighted by Crippen LogP contribution is 1.96. The number of carboxylic acid groups (broad SMARTS) is 1. The average Bonchev–Trinajstić information content (AvgIpc) is 3.03. The van der Waals surface area contributed by atoms with Gasteiger partial charge in [0.15, 0.2) is 0 Å². The third-order valence-electron chi connectivity index (χ3n) is 2.95. The third-order valence-corrected chi connectivity index (χ3v) is 2.95. The van der Waals surface area contributed by atoms with Crippen LogP contribution in [0.3, 0.4) is 0 Å². The van der Waals surface area contributed by atoms with Crippen LogP contribution in [0.4, 0.5) is 0 Å². The van der Waals surface area contributed by atoms with Crippen LogP contribution in [0, 0.1) is 0 Å². The monoisotopic (exact) mass is 340 g/mol. The number of rotatable bonds is 9. The number of nitrogens with zero attached hydrogens (tertiary/aromatic N) is 1. The summed E-state index contributed by atoms with van der Waals surface area (Å²) < 4.78 is 0. The predicted molar refractivity (Wildman–Crippen MR) is 81.5 cm³/mol. The van der Waals surface area contributed by atoms with Crippen molar-refractivity contribution in [2.45, 2.75) is 25.4 Å². The fraction of sp³-hybridized carbons (Fsp3) is 0.462. The van der Waals surface area contributed by atoms with Crippen LogP contribution in [-0.2, 0) is 25.6 Å². The standard InChI is InChI=1S/C13H20N6O5/c1-7(13(23)24)19-11(21)5-16-10(20)4-17-12(22)9(14)2-8-3-15-6-18-8/h3,6-7,9H,2,4-5,14H2,1H3,(H,15,18)(H,16,20)(H,17,22)(H,19,21)(H,23,24). The molecule has 0 aliphatic carbocycles. The summed E-state index contributed by atoms with van der Waals surface area (Å²) in [6.07, 6.45) is 3.24. The lowest BCUT2D eigenvalue weighted by molar-refractivity contribution is -0.141. The number of amides is 3. The maximum absolute atomic E-state index is 11.7. The minimum atomic E-state index is -1.19. The quantitative estimate of drug-likeness (QED) is 0.279. The molecule has 0 fully saturated rings. The number of nitrogens with two attached hydrogens (primary N) is 1. The van der Waals surface area contributed by atoms with Gasteiger partial charge in [-0.15, -0.1) is 0 Å². The van der Waals surface area contributed by atoms with Gasteiger partial charge in [-0.2, -0.15) is 0 Å². The molecule has 1 aromatic heterocycles. The lowest BCUT2D eigenvalue weighted by Crippen LogP contribution is -2.48. The van der Waals surface area contributed by atoms with Crippen LogP contribution in [-0.4, -0.2) is 63.9 Å². The minimum absolute atomic E-state index is 0.239. The fourth-order valence-corrected chi connectivity index (χ4v) is 1.62. The van der Waals surface area contributed by atoms with Crippen molar-refractivity contribution in [3.8, 4) is 0 Å². The Balaban J connectivity index is 2.24. The molecule has 0 bridgehead atoms. The van der Waals surface area contributed by atoms with Crippen molar-refractivity contribution in [1.82, 2.24) is 25.9 Å². The number of aliphatic carboxylic acids is 1. The zero-order valence-corrected chi connectivity index (χ0v) is 13.0. The fourth-order valence-electron chi connectivity index (χ4n) is 1.62. The van der Waals surface area contributed by atoms with Gasteiger partial charge in [0.2, 0.25) is 17.7 Å². The molecule has 0 saturated carbocycles. The van der Waals surface area contributed by atoms with Gasteiger partial charge in [-0.1, -0.05) is 0 Å². The molecule has 0 spiro atoms. The molecule has 132 valence electrons. The Bertz CT molecular complexity index is 588. The first-order valence-corrected chi connectivity index (χ1v) is 7.09. The van der Waals surface area contributed by atoms with Crippen LogP contribution >= 0.6 is 0 Å². The maximum atomic E-state index is 11.7. The third kappa shape index (κ3) is 6.87. The number of H-pyrrole nitrogens is 1. The summed E-state index contributed by atoms with van der Waals surface area (Å²) >= 11 is 0. The van der Waals surface area contributed by atoms with Crippen molar-refractivity contribution in [2.75, 3.05) is 13.1 Å². The lowest BCUT2D eigenvalue weighted by Gasteiger charge is -2.12. The molecule has 0 aromatic carbocycles. The van der Waals surface area contributed by atoms with Gasteiger partial charge in [-0.05, 0) is 6.92 Å². The Hall–Kier alpha value is -2.95. The van der Waals surface area contributed by atoms with Gasteiger partial charge in [-0.3, -0.25) is 19.2 Å². The van der Waals surface area contributed by atoms with Crippen molar-refractivity contribution in [2.24, 2.45) is 5.73 Å². The minimum Gasteiger partial charge on any atom is -0.480 e. The molecule has 0 radical (unpaired) electrons. The summed E-state index contributed by atoms with van der Waals surface area (Å²) in [6.45, 7) is 0.549. The van der Waals surface area contributed by atoms with E-state index in [2.05, 4.69) is 25.9 Å². The average molecular weight is 340 g/mol. The van der Waals surface area contributed by atoms with E-state index in [1.165, 1.54) is 19.4 Å². The van der Waals surface area contributed by atoms with Crippen LogP contribution in [0.2, 0.25) is 0 Å². The number of carbonyl (C=O) groups is 4. The molecule has 0 aliphatic heterocycles. The first-order chi connectivity index (χ1) is 11.3. The van der Waals surface area contributed by atoms with Gasteiger partial charge in [0.05, 0.1) is 25.5 Å². The number of carbonyl (C=O) groups excluding carboxylic acids is 3. The van der Waals surface area contributed by atoms with E-state index in [9.17, 15) is 19.2 Å². The lowest BCUT2D eigenvalue weighted by atomic mass is 10.1. The molecule has 3 amide bonds. The number of hydrogen-bond donors (Lipinski definition) is 6. The summed E-state index contributed by atoms with van der Waals surface area (Å²) in [7, 11) is 0. The second-order valence-electron chi connectivity index (χ2n) is 5.01. The molecule has 11 nitrogen and oxygen atoms in total. The summed E-state index contributed by atoms with van der Waals surface area (Å²) in [6, 6.07) is -1.91. The maximum Gasteiger partial charge on any atom is 0.325 e. The molecule has 0 saturated heterocycles. The van der Waals surface area contributed by atoms with Gasteiger partial charge in [0, 0.05) is 18.3 Å². The van der Waals surface area contributed by atoms with Crippen LogP contribution < -0.4 is 21.7 Å². The Morgan fingerprint density at radius 2 is 1.92 bits per heavy atom. The van der Waals surface area contributed by atoms with E-state index in [1.807, 2.05) is 0 Å². The van der Waals surface area contributed by atoms with E-state index >= 15 is 0 Å². The summed E-state index contributed by atoms with van der Waals surface area (Å²) in [5.41, 5.74) is 6.38. The zero-order valence-electron chi connectivity index (χ0n) is 13.0. The molecular weight excluding hydrogens is 320 g/mol. The topological polar surface area (TPSA) is 179 Å². The molecule has 11 heteroatoms. The van der Waals surface area contributed by atoms with Crippen LogP contribution in [0.15, 0.2) is 12.5 Å². The van der Waals surface area contributed by atoms with E-state index in [4.69, 9.17) is 10.8 Å². The summed E-state index contributed by atoms with van der Waals surface area (Å²) in [5, 5.41) is 15.4. The van der Waals surface area contributed by atoms with E-state index in [0.717, 1.165) is 0 Å². The number of nitrogens with one attached hydrogen (secondary N) is 4. The zero-order chi connectivity index (χ0) is 18.1. The number of imidazole rings is 1. The Morgan fingerprint density at radius 1 is 1.25 bits per heavy atom. The van der Waals surface area contributed by atoms with Crippen molar-refractivity contribution in [1.29, 1.82) is 0 Å². The second kappa shape index (κ2) is 9.25. The van der Waals surface area contributed by atoms with Crippen molar-refractivity contribution in [3.05, 3.63) is 18.2 Å². The largest absolute Gasteiger partial charge is 0.480 e. The molecule has 0 aliphatic rings. The van der Waals surface area contributed by atoms with Crippen molar-refractivity contribution in [3.63, 3.8) is 0 Å².